The predicted octanol–water partition coefficient (Wildman–Crippen LogP) is 2.38. The summed E-state index contributed by atoms with van der Waals surface area (Å²) in [6, 6.07) is 7.53. The van der Waals surface area contributed by atoms with Gasteiger partial charge in [0.05, 0.1) is 13.2 Å². The molecule has 7 heteroatoms. The lowest BCUT2D eigenvalue weighted by Crippen LogP contribution is -2.54. The lowest BCUT2D eigenvalue weighted by Gasteiger charge is -2.27. The number of hydrogen-bond acceptors (Lipinski definition) is 5. The van der Waals surface area contributed by atoms with Crippen molar-refractivity contribution in [1.82, 2.24) is 10.4 Å². The summed E-state index contributed by atoms with van der Waals surface area (Å²) in [5, 5.41) is 0.830. The molecular formula is C15H20N2O5. The first-order valence-electron chi connectivity index (χ1n) is 6.99. The SMILES string of the molecule is CCOC(=O)NN(C(=O)OCC)C(C)C(=O)c1ccccc1. The zero-order valence-electron chi connectivity index (χ0n) is 12.9. The highest BCUT2D eigenvalue weighted by Gasteiger charge is 2.29. The number of Topliss-reactive ketones (excluding diaryl/α,β-unsaturated/α-hetero) is 1. The van der Waals surface area contributed by atoms with Crippen LogP contribution in [-0.4, -0.2) is 42.2 Å². The maximum absolute atomic E-state index is 12.4. The Balaban J connectivity index is 2.91. The number of ether oxygens (including phenoxy) is 2. The van der Waals surface area contributed by atoms with Crippen LogP contribution in [0.3, 0.4) is 0 Å². The molecule has 22 heavy (non-hydrogen) atoms. The molecule has 7 nitrogen and oxygen atoms in total. The molecule has 1 rings (SSSR count). The molecule has 120 valence electrons. The second kappa shape index (κ2) is 8.66. The van der Waals surface area contributed by atoms with E-state index in [4.69, 9.17) is 9.47 Å². The second-order valence-corrected chi connectivity index (χ2v) is 4.31. The standard InChI is InChI=1S/C15H20N2O5/c1-4-21-14(19)16-17(15(20)22-5-2)11(3)13(18)12-9-7-6-8-10-12/h6-11H,4-5H2,1-3H3,(H,16,19). The lowest BCUT2D eigenvalue weighted by atomic mass is 10.1. The predicted molar refractivity (Wildman–Crippen MR) is 79.3 cm³/mol. The fraction of sp³-hybridized carbons (Fsp3) is 0.400. The molecule has 0 bridgehead atoms. The molecule has 0 saturated heterocycles. The Morgan fingerprint density at radius 3 is 2.23 bits per heavy atom. The number of ketones is 1. The van der Waals surface area contributed by atoms with E-state index in [1.54, 1.807) is 44.2 Å². The molecule has 1 aromatic carbocycles. The van der Waals surface area contributed by atoms with E-state index in [-0.39, 0.29) is 19.0 Å². The lowest BCUT2D eigenvalue weighted by molar-refractivity contribution is 0.0515. The van der Waals surface area contributed by atoms with E-state index < -0.39 is 18.2 Å². The van der Waals surface area contributed by atoms with Gasteiger partial charge in [-0.25, -0.2) is 20.0 Å². The molecule has 1 aromatic rings. The fourth-order valence-corrected chi connectivity index (χ4v) is 1.72. The third-order valence-electron chi connectivity index (χ3n) is 2.78. The third-order valence-corrected chi connectivity index (χ3v) is 2.78. The van der Waals surface area contributed by atoms with Crippen LogP contribution in [0.5, 0.6) is 0 Å². The van der Waals surface area contributed by atoms with Gasteiger partial charge in [-0.05, 0) is 20.8 Å². The van der Waals surface area contributed by atoms with E-state index in [9.17, 15) is 14.4 Å². The minimum Gasteiger partial charge on any atom is -0.449 e. The number of hydrazine groups is 1. The van der Waals surface area contributed by atoms with Gasteiger partial charge in [-0.2, -0.15) is 0 Å². The topological polar surface area (TPSA) is 84.9 Å². The van der Waals surface area contributed by atoms with Crippen molar-refractivity contribution < 1.29 is 23.9 Å². The number of hydrogen-bond donors (Lipinski definition) is 1. The van der Waals surface area contributed by atoms with Crippen molar-refractivity contribution in [3.8, 4) is 0 Å². The Morgan fingerprint density at radius 1 is 1.09 bits per heavy atom. The average molecular weight is 308 g/mol. The Hall–Kier alpha value is -2.57. The zero-order chi connectivity index (χ0) is 16.5. The molecule has 0 aliphatic rings. The first-order valence-corrected chi connectivity index (χ1v) is 6.99. The maximum atomic E-state index is 12.4. The number of amides is 2. The third kappa shape index (κ3) is 4.76. The quantitative estimate of drug-likeness (QED) is 0.667. The summed E-state index contributed by atoms with van der Waals surface area (Å²) >= 11 is 0. The Morgan fingerprint density at radius 2 is 1.68 bits per heavy atom. The van der Waals surface area contributed by atoms with Gasteiger partial charge in [0.25, 0.3) is 0 Å². The minimum absolute atomic E-state index is 0.117. The molecule has 0 aromatic heterocycles. The molecule has 0 spiro atoms. The summed E-state index contributed by atoms with van der Waals surface area (Å²) < 4.78 is 9.58. The Labute approximate surface area is 129 Å². The van der Waals surface area contributed by atoms with Crippen molar-refractivity contribution in [3.63, 3.8) is 0 Å². The van der Waals surface area contributed by atoms with Crippen LogP contribution in [0, 0.1) is 0 Å². The molecular weight excluding hydrogens is 288 g/mol. The highest BCUT2D eigenvalue weighted by atomic mass is 16.6. The van der Waals surface area contributed by atoms with Crippen LogP contribution in [0.25, 0.3) is 0 Å². The molecule has 2 amide bonds. The van der Waals surface area contributed by atoms with Gasteiger partial charge in [0.1, 0.15) is 6.04 Å². The summed E-state index contributed by atoms with van der Waals surface area (Å²) in [5.41, 5.74) is 2.66. The van der Waals surface area contributed by atoms with Gasteiger partial charge < -0.3 is 9.47 Å². The number of benzene rings is 1. The number of nitrogens with one attached hydrogen (secondary N) is 1. The average Bonchev–Trinajstić information content (AvgIpc) is 2.52. The summed E-state index contributed by atoms with van der Waals surface area (Å²) in [6.45, 7) is 5.02. The number of rotatable bonds is 5. The molecule has 0 aliphatic heterocycles. The number of carbonyl (C=O) groups excluding carboxylic acids is 3. The van der Waals surface area contributed by atoms with Crippen molar-refractivity contribution in [2.45, 2.75) is 26.8 Å². The van der Waals surface area contributed by atoms with Gasteiger partial charge in [0.2, 0.25) is 0 Å². The normalized spacial score (nSPS) is 11.2. The molecule has 1 N–H and O–H groups in total. The monoisotopic (exact) mass is 308 g/mol. The van der Waals surface area contributed by atoms with Crippen LogP contribution in [0.4, 0.5) is 9.59 Å². The highest BCUT2D eigenvalue weighted by Crippen LogP contribution is 2.09. The number of carbonyl (C=O) groups is 3. The Bertz CT molecular complexity index is 518. The van der Waals surface area contributed by atoms with Gasteiger partial charge in [0, 0.05) is 5.56 Å². The van der Waals surface area contributed by atoms with Gasteiger partial charge in [-0.1, -0.05) is 30.3 Å². The molecule has 1 atom stereocenters. The van der Waals surface area contributed by atoms with Gasteiger partial charge in [-0.15, -0.1) is 0 Å². The van der Waals surface area contributed by atoms with Crippen molar-refractivity contribution in [1.29, 1.82) is 0 Å². The first kappa shape index (κ1) is 17.5. The van der Waals surface area contributed by atoms with Crippen LogP contribution in [-0.2, 0) is 9.47 Å². The summed E-state index contributed by atoms with van der Waals surface area (Å²) in [7, 11) is 0. The molecule has 0 fully saturated rings. The van der Waals surface area contributed by atoms with Gasteiger partial charge in [-0.3, -0.25) is 4.79 Å². The smallest absolute Gasteiger partial charge is 0.429 e. The van der Waals surface area contributed by atoms with Crippen molar-refractivity contribution in [3.05, 3.63) is 35.9 Å². The van der Waals surface area contributed by atoms with E-state index in [0.29, 0.717) is 5.56 Å². The van der Waals surface area contributed by atoms with E-state index in [1.165, 1.54) is 6.92 Å². The van der Waals surface area contributed by atoms with E-state index in [1.807, 2.05) is 0 Å². The molecule has 0 heterocycles. The summed E-state index contributed by atoms with van der Waals surface area (Å²) in [5.74, 6) is -0.328. The fourth-order valence-electron chi connectivity index (χ4n) is 1.72. The second-order valence-electron chi connectivity index (χ2n) is 4.31. The maximum Gasteiger partial charge on any atom is 0.429 e. The van der Waals surface area contributed by atoms with Crippen LogP contribution in [0.1, 0.15) is 31.1 Å². The van der Waals surface area contributed by atoms with Crippen LogP contribution < -0.4 is 5.43 Å². The molecule has 0 saturated carbocycles. The van der Waals surface area contributed by atoms with Crippen LogP contribution in [0.2, 0.25) is 0 Å². The van der Waals surface area contributed by atoms with Gasteiger partial charge >= 0.3 is 12.2 Å². The highest BCUT2D eigenvalue weighted by molar-refractivity contribution is 6.01. The van der Waals surface area contributed by atoms with Gasteiger partial charge in [0.15, 0.2) is 5.78 Å². The van der Waals surface area contributed by atoms with Crippen molar-refractivity contribution >= 4 is 18.0 Å². The zero-order valence-corrected chi connectivity index (χ0v) is 12.9. The Kier molecular flexibility index (Phi) is 6.88. The number of nitrogens with zero attached hydrogens (tertiary/aromatic N) is 1. The van der Waals surface area contributed by atoms with Crippen LogP contribution in [0.15, 0.2) is 30.3 Å². The van der Waals surface area contributed by atoms with Crippen molar-refractivity contribution in [2.75, 3.05) is 13.2 Å². The molecule has 1 unspecified atom stereocenters. The largest absolute Gasteiger partial charge is 0.449 e. The van der Waals surface area contributed by atoms with E-state index in [0.717, 1.165) is 5.01 Å². The summed E-state index contributed by atoms with van der Waals surface area (Å²) in [4.78, 5) is 35.9. The molecule has 0 radical (unpaired) electrons. The first-order chi connectivity index (χ1) is 10.5. The molecule has 0 aliphatic carbocycles. The summed E-state index contributed by atoms with van der Waals surface area (Å²) in [6.07, 6.45) is -1.66. The van der Waals surface area contributed by atoms with E-state index >= 15 is 0 Å². The van der Waals surface area contributed by atoms with Crippen molar-refractivity contribution in [2.24, 2.45) is 0 Å². The minimum atomic E-state index is -0.939. The van der Waals surface area contributed by atoms with E-state index in [2.05, 4.69) is 5.43 Å². The van der Waals surface area contributed by atoms with Crippen LogP contribution >= 0.6 is 0 Å².